The Morgan fingerprint density at radius 3 is 2.39 bits per heavy atom. The number of hydrogen-bond donors (Lipinski definition) is 1. The highest BCUT2D eigenvalue weighted by atomic mass is 16.3. The Labute approximate surface area is 111 Å². The van der Waals surface area contributed by atoms with Gasteiger partial charge in [0.15, 0.2) is 0 Å². The van der Waals surface area contributed by atoms with E-state index in [2.05, 4.69) is 38.1 Å². The van der Waals surface area contributed by atoms with E-state index in [1.54, 1.807) is 0 Å². The zero-order valence-corrected chi connectivity index (χ0v) is 11.8. The molecule has 1 fully saturated rings. The fourth-order valence-corrected chi connectivity index (χ4v) is 2.92. The summed E-state index contributed by atoms with van der Waals surface area (Å²) in [5, 5.41) is 9.49. The van der Waals surface area contributed by atoms with Crippen LogP contribution in [0.15, 0.2) is 24.3 Å². The van der Waals surface area contributed by atoms with Crippen molar-refractivity contribution in [3.8, 4) is 0 Å². The largest absolute Gasteiger partial charge is 0.395 e. The van der Waals surface area contributed by atoms with E-state index in [0.717, 1.165) is 5.92 Å². The molecule has 0 spiro atoms. The van der Waals surface area contributed by atoms with Crippen LogP contribution >= 0.6 is 0 Å². The number of hydrogen-bond acceptors (Lipinski definition) is 1. The molecule has 1 aliphatic carbocycles. The number of aliphatic hydroxyl groups excluding tert-OH is 1. The molecule has 0 aromatic heterocycles. The van der Waals surface area contributed by atoms with Gasteiger partial charge < -0.3 is 5.11 Å². The van der Waals surface area contributed by atoms with Crippen molar-refractivity contribution < 1.29 is 5.11 Å². The first-order valence-corrected chi connectivity index (χ1v) is 7.35. The summed E-state index contributed by atoms with van der Waals surface area (Å²) in [7, 11) is 0. The molecule has 1 aromatic rings. The molecule has 18 heavy (non-hydrogen) atoms. The molecular weight excluding hydrogens is 220 g/mol. The van der Waals surface area contributed by atoms with Crippen LogP contribution in [0.5, 0.6) is 0 Å². The SMILES string of the molecule is CC(C)(CO)c1cccc(C2CCCCCC2)c1. The topological polar surface area (TPSA) is 20.2 Å². The van der Waals surface area contributed by atoms with E-state index in [-0.39, 0.29) is 12.0 Å². The summed E-state index contributed by atoms with van der Waals surface area (Å²) >= 11 is 0. The molecule has 0 unspecified atom stereocenters. The van der Waals surface area contributed by atoms with Gasteiger partial charge in [-0.15, -0.1) is 0 Å². The number of rotatable bonds is 3. The normalized spacial score (nSPS) is 18.6. The van der Waals surface area contributed by atoms with Gasteiger partial charge in [0, 0.05) is 5.41 Å². The molecule has 0 aliphatic heterocycles. The minimum absolute atomic E-state index is 0.124. The van der Waals surface area contributed by atoms with Gasteiger partial charge in [0.1, 0.15) is 0 Å². The van der Waals surface area contributed by atoms with Crippen LogP contribution in [-0.2, 0) is 5.41 Å². The van der Waals surface area contributed by atoms with Gasteiger partial charge in [0.05, 0.1) is 6.61 Å². The maximum absolute atomic E-state index is 9.49. The predicted octanol–water partition coefficient (Wildman–Crippen LogP) is 4.39. The molecule has 0 amide bonds. The molecule has 0 radical (unpaired) electrons. The first-order chi connectivity index (χ1) is 8.63. The van der Waals surface area contributed by atoms with Gasteiger partial charge >= 0.3 is 0 Å². The first kappa shape index (κ1) is 13.6. The Balaban J connectivity index is 2.20. The zero-order valence-electron chi connectivity index (χ0n) is 11.8. The van der Waals surface area contributed by atoms with E-state index < -0.39 is 0 Å². The molecule has 2 rings (SSSR count). The van der Waals surface area contributed by atoms with Crippen molar-refractivity contribution >= 4 is 0 Å². The van der Waals surface area contributed by atoms with Crippen molar-refractivity contribution in [2.24, 2.45) is 0 Å². The van der Waals surface area contributed by atoms with Crippen LogP contribution < -0.4 is 0 Å². The molecule has 1 aliphatic rings. The number of benzene rings is 1. The first-order valence-electron chi connectivity index (χ1n) is 7.35. The predicted molar refractivity (Wildman–Crippen MR) is 77.0 cm³/mol. The highest BCUT2D eigenvalue weighted by Crippen LogP contribution is 2.33. The van der Waals surface area contributed by atoms with Gasteiger partial charge in [0.25, 0.3) is 0 Å². The van der Waals surface area contributed by atoms with Crippen molar-refractivity contribution in [3.05, 3.63) is 35.4 Å². The average molecular weight is 246 g/mol. The standard InChI is InChI=1S/C17H26O/c1-17(2,13-18)16-11-7-10-15(12-16)14-8-5-3-4-6-9-14/h7,10-12,14,18H,3-6,8-9,13H2,1-2H3. The molecule has 1 nitrogen and oxygen atoms in total. The quantitative estimate of drug-likeness (QED) is 0.784. The highest BCUT2D eigenvalue weighted by Gasteiger charge is 2.21. The van der Waals surface area contributed by atoms with Gasteiger partial charge in [-0.05, 0) is 29.9 Å². The molecule has 1 heteroatoms. The highest BCUT2D eigenvalue weighted by molar-refractivity contribution is 5.31. The lowest BCUT2D eigenvalue weighted by atomic mass is 9.82. The van der Waals surface area contributed by atoms with Crippen LogP contribution in [0.25, 0.3) is 0 Å². The van der Waals surface area contributed by atoms with Crippen LogP contribution in [0.1, 0.15) is 69.4 Å². The Kier molecular flexibility index (Phi) is 4.45. The van der Waals surface area contributed by atoms with E-state index >= 15 is 0 Å². The Bertz CT molecular complexity index is 373. The Morgan fingerprint density at radius 2 is 1.78 bits per heavy atom. The fraction of sp³-hybridized carbons (Fsp3) is 0.647. The van der Waals surface area contributed by atoms with Crippen LogP contribution in [0.4, 0.5) is 0 Å². The molecule has 0 saturated heterocycles. The lowest BCUT2D eigenvalue weighted by Crippen LogP contribution is -2.22. The molecular formula is C17H26O. The van der Waals surface area contributed by atoms with Crippen LogP contribution in [0.2, 0.25) is 0 Å². The summed E-state index contributed by atoms with van der Waals surface area (Å²) in [4.78, 5) is 0. The van der Waals surface area contributed by atoms with Gasteiger partial charge in [-0.1, -0.05) is 63.8 Å². The van der Waals surface area contributed by atoms with Crippen LogP contribution in [0, 0.1) is 0 Å². The number of aliphatic hydroxyl groups is 1. The summed E-state index contributed by atoms with van der Waals surface area (Å²) in [6.07, 6.45) is 8.22. The average Bonchev–Trinajstić information content (AvgIpc) is 2.68. The maximum Gasteiger partial charge on any atom is 0.0522 e. The second kappa shape index (κ2) is 5.88. The second-order valence-electron chi connectivity index (χ2n) is 6.36. The molecule has 1 saturated carbocycles. The third-order valence-electron chi connectivity index (χ3n) is 4.39. The van der Waals surface area contributed by atoms with Crippen LogP contribution in [-0.4, -0.2) is 11.7 Å². The molecule has 1 aromatic carbocycles. The molecule has 100 valence electrons. The van der Waals surface area contributed by atoms with Gasteiger partial charge in [0.2, 0.25) is 0 Å². The van der Waals surface area contributed by atoms with E-state index in [9.17, 15) is 5.11 Å². The van der Waals surface area contributed by atoms with E-state index in [1.807, 2.05) is 0 Å². The maximum atomic E-state index is 9.49. The van der Waals surface area contributed by atoms with Crippen molar-refractivity contribution in [2.75, 3.05) is 6.61 Å². The second-order valence-corrected chi connectivity index (χ2v) is 6.36. The molecule has 0 heterocycles. The Morgan fingerprint density at radius 1 is 1.11 bits per heavy atom. The lowest BCUT2D eigenvalue weighted by molar-refractivity contribution is 0.218. The fourth-order valence-electron chi connectivity index (χ4n) is 2.92. The van der Waals surface area contributed by atoms with Crippen molar-refractivity contribution in [3.63, 3.8) is 0 Å². The third kappa shape index (κ3) is 3.14. The molecule has 1 N–H and O–H groups in total. The summed E-state index contributed by atoms with van der Waals surface area (Å²) < 4.78 is 0. The Hall–Kier alpha value is -0.820. The minimum atomic E-state index is -0.124. The van der Waals surface area contributed by atoms with E-state index in [0.29, 0.717) is 0 Å². The monoisotopic (exact) mass is 246 g/mol. The summed E-state index contributed by atoms with van der Waals surface area (Å²) in [6.45, 7) is 4.43. The summed E-state index contributed by atoms with van der Waals surface area (Å²) in [6, 6.07) is 8.91. The van der Waals surface area contributed by atoms with Gasteiger partial charge in [-0.25, -0.2) is 0 Å². The van der Waals surface area contributed by atoms with Gasteiger partial charge in [-0.3, -0.25) is 0 Å². The smallest absolute Gasteiger partial charge is 0.0522 e. The van der Waals surface area contributed by atoms with E-state index in [4.69, 9.17) is 0 Å². The third-order valence-corrected chi connectivity index (χ3v) is 4.39. The van der Waals surface area contributed by atoms with Gasteiger partial charge in [-0.2, -0.15) is 0 Å². The van der Waals surface area contributed by atoms with Crippen LogP contribution in [0.3, 0.4) is 0 Å². The van der Waals surface area contributed by atoms with Crippen molar-refractivity contribution in [1.29, 1.82) is 0 Å². The van der Waals surface area contributed by atoms with Crippen molar-refractivity contribution in [1.82, 2.24) is 0 Å². The summed E-state index contributed by atoms with van der Waals surface area (Å²) in [5.74, 6) is 0.738. The molecule has 0 bridgehead atoms. The zero-order chi connectivity index (χ0) is 13.0. The molecule has 0 atom stereocenters. The van der Waals surface area contributed by atoms with Crippen molar-refractivity contribution in [2.45, 2.75) is 63.7 Å². The van der Waals surface area contributed by atoms with E-state index in [1.165, 1.54) is 49.7 Å². The lowest BCUT2D eigenvalue weighted by Gasteiger charge is -2.24. The summed E-state index contributed by atoms with van der Waals surface area (Å²) in [5.41, 5.74) is 2.63. The minimum Gasteiger partial charge on any atom is -0.395 e.